The molecule has 4 heteroatoms. The van der Waals surface area contributed by atoms with Gasteiger partial charge in [-0.25, -0.2) is 4.79 Å². The summed E-state index contributed by atoms with van der Waals surface area (Å²) in [4.78, 5) is 10.6. The normalized spacial score (nSPS) is 10.2. The van der Waals surface area contributed by atoms with E-state index >= 15 is 0 Å². The number of nitrogens with one attached hydrogen (secondary N) is 1. The maximum atomic E-state index is 10.6. The summed E-state index contributed by atoms with van der Waals surface area (Å²) in [5.74, 6) is -0.886. The monoisotopic (exact) mass is 208 g/mol. The number of benzene rings is 1. The topological polar surface area (TPSA) is 75.3 Å². The second kappa shape index (κ2) is 6.16. The molecule has 1 aromatic rings. The first-order chi connectivity index (χ1) is 7.24. The van der Waals surface area contributed by atoms with E-state index in [2.05, 4.69) is 5.32 Å². The van der Waals surface area contributed by atoms with Crippen LogP contribution < -0.4 is 11.1 Å². The molecule has 0 aliphatic rings. The van der Waals surface area contributed by atoms with E-state index in [9.17, 15) is 4.79 Å². The predicted molar refractivity (Wildman–Crippen MR) is 59.0 cm³/mol. The van der Waals surface area contributed by atoms with Crippen LogP contribution in [0.3, 0.4) is 0 Å². The second-order valence-electron chi connectivity index (χ2n) is 3.29. The van der Waals surface area contributed by atoms with Gasteiger partial charge in [0.05, 0.1) is 5.56 Å². The van der Waals surface area contributed by atoms with Gasteiger partial charge in [-0.15, -0.1) is 0 Å². The van der Waals surface area contributed by atoms with Crippen molar-refractivity contribution in [3.8, 4) is 0 Å². The highest BCUT2D eigenvalue weighted by molar-refractivity contribution is 5.87. The lowest BCUT2D eigenvalue weighted by molar-refractivity contribution is 0.0697. The van der Waals surface area contributed by atoms with Gasteiger partial charge < -0.3 is 16.2 Å². The van der Waals surface area contributed by atoms with Crippen molar-refractivity contribution in [2.24, 2.45) is 5.73 Å². The zero-order valence-electron chi connectivity index (χ0n) is 8.57. The van der Waals surface area contributed by atoms with E-state index in [-0.39, 0.29) is 0 Å². The van der Waals surface area contributed by atoms with Gasteiger partial charge in [0.15, 0.2) is 0 Å². The lowest BCUT2D eigenvalue weighted by atomic mass is 10.1. The second-order valence-corrected chi connectivity index (χ2v) is 3.29. The van der Waals surface area contributed by atoms with Crippen LogP contribution in [-0.4, -0.2) is 30.7 Å². The standard InChI is InChI=1S/C11H16N2O2/c12-6-8-13-7-5-9-1-3-10(4-2-9)11(14)15/h1-4,13H,5-8,12H2,(H,14,15). The molecule has 4 N–H and O–H groups in total. The van der Waals surface area contributed by atoms with E-state index in [1.165, 1.54) is 0 Å². The highest BCUT2D eigenvalue weighted by Gasteiger charge is 2.00. The fraction of sp³-hybridized carbons (Fsp3) is 0.364. The number of hydrogen-bond acceptors (Lipinski definition) is 3. The molecule has 0 atom stereocenters. The molecule has 0 spiro atoms. The largest absolute Gasteiger partial charge is 0.478 e. The first-order valence-electron chi connectivity index (χ1n) is 4.97. The molecule has 0 unspecified atom stereocenters. The van der Waals surface area contributed by atoms with Crippen molar-refractivity contribution in [1.29, 1.82) is 0 Å². The highest BCUT2D eigenvalue weighted by Crippen LogP contribution is 2.04. The molecule has 0 heterocycles. The SMILES string of the molecule is NCCNCCc1ccc(C(=O)O)cc1. The first-order valence-corrected chi connectivity index (χ1v) is 4.97. The van der Waals surface area contributed by atoms with Crippen LogP contribution in [0.15, 0.2) is 24.3 Å². The smallest absolute Gasteiger partial charge is 0.335 e. The molecule has 1 rings (SSSR count). The summed E-state index contributed by atoms with van der Waals surface area (Å²) >= 11 is 0. The van der Waals surface area contributed by atoms with Gasteiger partial charge in [-0.2, -0.15) is 0 Å². The number of carbonyl (C=O) groups is 1. The summed E-state index contributed by atoms with van der Waals surface area (Å²) in [6, 6.07) is 6.93. The Morgan fingerprint density at radius 2 is 1.93 bits per heavy atom. The summed E-state index contributed by atoms with van der Waals surface area (Å²) in [5, 5.41) is 11.9. The van der Waals surface area contributed by atoms with Crippen molar-refractivity contribution in [3.05, 3.63) is 35.4 Å². The van der Waals surface area contributed by atoms with Crippen molar-refractivity contribution in [2.75, 3.05) is 19.6 Å². The Morgan fingerprint density at radius 3 is 2.47 bits per heavy atom. The zero-order chi connectivity index (χ0) is 11.1. The minimum Gasteiger partial charge on any atom is -0.478 e. The molecule has 0 saturated heterocycles. The molecule has 0 aliphatic heterocycles. The molecule has 0 fully saturated rings. The average molecular weight is 208 g/mol. The van der Waals surface area contributed by atoms with Gasteiger partial charge in [0, 0.05) is 13.1 Å². The third-order valence-corrected chi connectivity index (χ3v) is 2.11. The summed E-state index contributed by atoms with van der Waals surface area (Å²) in [5.41, 5.74) is 6.79. The van der Waals surface area contributed by atoms with Gasteiger partial charge in [-0.05, 0) is 30.7 Å². The Kier molecular flexibility index (Phi) is 4.80. The van der Waals surface area contributed by atoms with E-state index in [1.54, 1.807) is 12.1 Å². The highest BCUT2D eigenvalue weighted by atomic mass is 16.4. The molecule has 0 saturated carbocycles. The molecule has 0 amide bonds. The predicted octanol–water partition coefficient (Wildman–Crippen LogP) is 0.476. The van der Waals surface area contributed by atoms with Crippen LogP contribution in [0.4, 0.5) is 0 Å². The summed E-state index contributed by atoms with van der Waals surface area (Å²) in [6.45, 7) is 2.31. The Hall–Kier alpha value is -1.39. The molecular formula is C11H16N2O2. The van der Waals surface area contributed by atoms with E-state index in [0.717, 1.165) is 25.1 Å². The Balaban J connectivity index is 2.39. The van der Waals surface area contributed by atoms with Crippen LogP contribution in [0.2, 0.25) is 0 Å². The molecule has 4 nitrogen and oxygen atoms in total. The van der Waals surface area contributed by atoms with Crippen LogP contribution in [0.25, 0.3) is 0 Å². The fourth-order valence-corrected chi connectivity index (χ4v) is 1.27. The van der Waals surface area contributed by atoms with Gasteiger partial charge in [0.1, 0.15) is 0 Å². The van der Waals surface area contributed by atoms with E-state index in [4.69, 9.17) is 10.8 Å². The molecule has 82 valence electrons. The van der Waals surface area contributed by atoms with Crippen molar-refractivity contribution >= 4 is 5.97 Å². The number of carboxylic acid groups (broad SMARTS) is 1. The molecule has 0 aliphatic carbocycles. The van der Waals surface area contributed by atoms with E-state index < -0.39 is 5.97 Å². The Bertz CT molecular complexity index is 309. The van der Waals surface area contributed by atoms with Gasteiger partial charge in [-0.3, -0.25) is 0 Å². The third-order valence-electron chi connectivity index (χ3n) is 2.11. The lowest BCUT2D eigenvalue weighted by Crippen LogP contribution is -2.24. The van der Waals surface area contributed by atoms with Gasteiger partial charge >= 0.3 is 5.97 Å². The Morgan fingerprint density at radius 1 is 1.27 bits per heavy atom. The summed E-state index contributed by atoms with van der Waals surface area (Å²) in [7, 11) is 0. The van der Waals surface area contributed by atoms with Crippen LogP contribution in [0, 0.1) is 0 Å². The number of rotatable bonds is 6. The van der Waals surface area contributed by atoms with Crippen LogP contribution in [-0.2, 0) is 6.42 Å². The minimum absolute atomic E-state index is 0.327. The van der Waals surface area contributed by atoms with Crippen molar-refractivity contribution in [1.82, 2.24) is 5.32 Å². The maximum Gasteiger partial charge on any atom is 0.335 e. The van der Waals surface area contributed by atoms with Gasteiger partial charge in [0.25, 0.3) is 0 Å². The number of hydrogen-bond donors (Lipinski definition) is 3. The number of nitrogens with two attached hydrogens (primary N) is 1. The van der Waals surface area contributed by atoms with Gasteiger partial charge in [-0.1, -0.05) is 12.1 Å². The molecule has 15 heavy (non-hydrogen) atoms. The quantitative estimate of drug-likeness (QED) is 0.594. The molecular weight excluding hydrogens is 192 g/mol. The number of aromatic carboxylic acids is 1. The van der Waals surface area contributed by atoms with Crippen molar-refractivity contribution < 1.29 is 9.90 Å². The first kappa shape index (κ1) is 11.7. The van der Waals surface area contributed by atoms with Crippen molar-refractivity contribution in [3.63, 3.8) is 0 Å². The van der Waals surface area contributed by atoms with Crippen molar-refractivity contribution in [2.45, 2.75) is 6.42 Å². The van der Waals surface area contributed by atoms with Gasteiger partial charge in [0.2, 0.25) is 0 Å². The van der Waals surface area contributed by atoms with E-state index in [1.807, 2.05) is 12.1 Å². The summed E-state index contributed by atoms with van der Waals surface area (Å²) < 4.78 is 0. The van der Waals surface area contributed by atoms with Crippen LogP contribution in [0.1, 0.15) is 15.9 Å². The molecule has 0 radical (unpaired) electrons. The average Bonchev–Trinajstić information content (AvgIpc) is 2.25. The zero-order valence-corrected chi connectivity index (χ0v) is 8.57. The molecule has 1 aromatic carbocycles. The minimum atomic E-state index is -0.886. The third kappa shape index (κ3) is 4.10. The van der Waals surface area contributed by atoms with Crippen LogP contribution >= 0.6 is 0 Å². The van der Waals surface area contributed by atoms with Crippen LogP contribution in [0.5, 0.6) is 0 Å². The van der Waals surface area contributed by atoms with E-state index in [0.29, 0.717) is 12.1 Å². The lowest BCUT2D eigenvalue weighted by Gasteiger charge is -2.03. The Labute approximate surface area is 89.1 Å². The fourth-order valence-electron chi connectivity index (χ4n) is 1.27. The molecule has 0 aromatic heterocycles. The number of carboxylic acids is 1. The summed E-state index contributed by atoms with van der Waals surface area (Å²) in [6.07, 6.45) is 0.889. The molecule has 0 bridgehead atoms. The maximum absolute atomic E-state index is 10.6.